The number of rotatable bonds is 5. The Balaban J connectivity index is 2.59. The third-order valence-corrected chi connectivity index (χ3v) is 2.95. The first kappa shape index (κ1) is 11.6. The molecule has 0 aliphatic carbocycles. The van der Waals surface area contributed by atoms with Crippen molar-refractivity contribution in [2.75, 3.05) is 12.6 Å². The molecule has 0 saturated carbocycles. The van der Waals surface area contributed by atoms with Gasteiger partial charge in [-0.1, -0.05) is 18.2 Å². The number of halogens is 2. The van der Waals surface area contributed by atoms with Crippen molar-refractivity contribution in [1.82, 2.24) is 0 Å². The molecule has 0 amide bonds. The highest BCUT2D eigenvalue weighted by molar-refractivity contribution is 7.80. The lowest BCUT2D eigenvalue weighted by Crippen LogP contribution is -2.18. The van der Waals surface area contributed by atoms with Crippen LogP contribution >= 0.6 is 11.6 Å². The first-order valence-electron chi connectivity index (χ1n) is 4.03. The predicted octanol–water partition coefficient (Wildman–Crippen LogP) is 2.30. The van der Waals surface area contributed by atoms with Gasteiger partial charge in [0.05, 0.1) is 10.8 Å². The zero-order valence-electron chi connectivity index (χ0n) is 7.36. The molecule has 1 rings (SSSR count). The molecule has 2 atom stereocenters. The lowest BCUT2D eigenvalue weighted by atomic mass is 10.4. The second-order valence-electron chi connectivity index (χ2n) is 2.57. The largest absolute Gasteiger partial charge is 0.279 e. The van der Waals surface area contributed by atoms with Gasteiger partial charge in [0.1, 0.15) is 12.8 Å². The zero-order valence-corrected chi connectivity index (χ0v) is 8.93. The molecule has 0 aliphatic rings. The number of alkyl halides is 2. The highest BCUT2D eigenvalue weighted by atomic mass is 35.5. The van der Waals surface area contributed by atoms with E-state index in [1.54, 1.807) is 30.3 Å². The monoisotopic (exact) mass is 236 g/mol. The third-order valence-electron chi connectivity index (χ3n) is 1.50. The van der Waals surface area contributed by atoms with Crippen LogP contribution in [0.25, 0.3) is 0 Å². The average Bonchev–Trinajstić information content (AvgIpc) is 2.26. The van der Waals surface area contributed by atoms with Crippen LogP contribution in [0.15, 0.2) is 35.2 Å². The van der Waals surface area contributed by atoms with E-state index in [4.69, 9.17) is 15.8 Å². The topological polar surface area (TPSA) is 26.3 Å². The minimum Gasteiger partial charge on any atom is -0.279 e. The normalized spacial score (nSPS) is 15.0. The van der Waals surface area contributed by atoms with Crippen LogP contribution in [-0.2, 0) is 15.3 Å². The maximum absolute atomic E-state index is 12.2. The van der Waals surface area contributed by atoms with Crippen molar-refractivity contribution in [2.45, 2.75) is 11.0 Å². The van der Waals surface area contributed by atoms with Gasteiger partial charge in [-0.15, -0.1) is 11.6 Å². The minimum absolute atomic E-state index is 0.00489. The number of hydrogen-bond acceptors (Lipinski definition) is 2. The van der Waals surface area contributed by atoms with Crippen LogP contribution in [0.4, 0.5) is 4.39 Å². The van der Waals surface area contributed by atoms with Gasteiger partial charge in [0.2, 0.25) is 0 Å². The van der Waals surface area contributed by atoms with Gasteiger partial charge >= 0.3 is 0 Å². The van der Waals surface area contributed by atoms with Crippen molar-refractivity contribution in [3.8, 4) is 0 Å². The summed E-state index contributed by atoms with van der Waals surface area (Å²) < 4.78 is 28.5. The molecule has 0 aromatic heterocycles. The quantitative estimate of drug-likeness (QED) is 0.734. The van der Waals surface area contributed by atoms with Crippen LogP contribution in [0, 0.1) is 0 Å². The summed E-state index contributed by atoms with van der Waals surface area (Å²) in [6.07, 6.45) is -0.808. The summed E-state index contributed by atoms with van der Waals surface area (Å²) >= 11 is 3.76. The molecule has 1 aromatic rings. The lowest BCUT2D eigenvalue weighted by molar-refractivity contribution is 0.205. The summed E-state index contributed by atoms with van der Waals surface area (Å²) in [7, 11) is 0. The van der Waals surface area contributed by atoms with Crippen molar-refractivity contribution >= 4 is 22.7 Å². The number of hydrogen-bond donors (Lipinski definition) is 0. The van der Waals surface area contributed by atoms with Crippen molar-refractivity contribution in [1.29, 1.82) is 0 Å². The van der Waals surface area contributed by atoms with E-state index in [-0.39, 0.29) is 5.88 Å². The van der Waals surface area contributed by atoms with Gasteiger partial charge < -0.3 is 0 Å². The van der Waals surface area contributed by atoms with E-state index in [0.717, 1.165) is 0 Å². The van der Waals surface area contributed by atoms with Crippen molar-refractivity contribution in [3.05, 3.63) is 30.3 Å². The van der Waals surface area contributed by atoms with Gasteiger partial charge in [-0.25, -0.2) is 8.60 Å². The zero-order chi connectivity index (χ0) is 10.4. The second-order valence-corrected chi connectivity index (χ2v) is 4.02. The Kier molecular flexibility index (Phi) is 5.07. The Hall–Kier alpha value is -0.450. The Labute approximate surface area is 89.7 Å². The Morgan fingerprint density at radius 3 is 2.57 bits per heavy atom. The second kappa shape index (κ2) is 6.11. The molecule has 0 bridgehead atoms. The van der Waals surface area contributed by atoms with Crippen molar-refractivity contribution < 1.29 is 12.8 Å². The third kappa shape index (κ3) is 3.36. The molecular weight excluding hydrogens is 227 g/mol. The maximum Gasteiger partial charge on any atom is 0.189 e. The molecular formula is C9H10ClFO2S. The van der Waals surface area contributed by atoms with Crippen LogP contribution in [0.2, 0.25) is 0 Å². The number of benzene rings is 1. The van der Waals surface area contributed by atoms with Gasteiger partial charge in [0.15, 0.2) is 11.1 Å². The van der Waals surface area contributed by atoms with Gasteiger partial charge in [0.25, 0.3) is 0 Å². The fourth-order valence-electron chi connectivity index (χ4n) is 0.803. The molecule has 2 unspecified atom stereocenters. The molecule has 0 spiro atoms. The Morgan fingerprint density at radius 1 is 1.43 bits per heavy atom. The fourth-order valence-corrected chi connectivity index (χ4v) is 1.88. The summed E-state index contributed by atoms with van der Waals surface area (Å²) in [6, 6.07) is 8.58. The standard InChI is InChI=1S/C9H10ClFO2S/c10-6-8(7-11)13-14(12)9-4-2-1-3-5-9/h1-5,8H,6-7H2. The Bertz CT molecular complexity index is 290. The summed E-state index contributed by atoms with van der Waals surface area (Å²) in [5, 5.41) is 0. The summed E-state index contributed by atoms with van der Waals surface area (Å²) in [5.74, 6) is -0.00489. The maximum atomic E-state index is 12.2. The molecule has 0 saturated heterocycles. The molecule has 0 N–H and O–H groups in total. The lowest BCUT2D eigenvalue weighted by Gasteiger charge is -2.09. The van der Waals surface area contributed by atoms with Crippen LogP contribution in [0.5, 0.6) is 0 Å². The Morgan fingerprint density at radius 2 is 2.07 bits per heavy atom. The van der Waals surface area contributed by atoms with Gasteiger partial charge in [-0.3, -0.25) is 4.18 Å². The van der Waals surface area contributed by atoms with Gasteiger partial charge in [-0.2, -0.15) is 0 Å². The summed E-state index contributed by atoms with van der Waals surface area (Å²) in [6.45, 7) is -0.734. The first-order valence-corrected chi connectivity index (χ1v) is 5.64. The van der Waals surface area contributed by atoms with E-state index in [2.05, 4.69) is 0 Å². The molecule has 78 valence electrons. The molecule has 5 heteroatoms. The summed E-state index contributed by atoms with van der Waals surface area (Å²) in [5.41, 5.74) is 0. The van der Waals surface area contributed by atoms with E-state index in [1.165, 1.54) is 0 Å². The molecule has 14 heavy (non-hydrogen) atoms. The van der Waals surface area contributed by atoms with E-state index >= 15 is 0 Å². The van der Waals surface area contributed by atoms with Crippen LogP contribution in [0.1, 0.15) is 0 Å². The van der Waals surface area contributed by atoms with Crippen LogP contribution < -0.4 is 0 Å². The van der Waals surface area contributed by atoms with Crippen molar-refractivity contribution in [2.24, 2.45) is 0 Å². The SMILES string of the molecule is O=S(OC(CF)CCl)c1ccccc1. The first-order chi connectivity index (χ1) is 6.77. The van der Waals surface area contributed by atoms with Crippen LogP contribution in [0.3, 0.4) is 0 Å². The molecule has 0 fully saturated rings. The molecule has 2 nitrogen and oxygen atoms in total. The summed E-state index contributed by atoms with van der Waals surface area (Å²) in [4.78, 5) is 0.510. The smallest absolute Gasteiger partial charge is 0.189 e. The highest BCUT2D eigenvalue weighted by Crippen LogP contribution is 2.10. The molecule has 0 heterocycles. The van der Waals surface area contributed by atoms with E-state index in [9.17, 15) is 8.60 Å². The highest BCUT2D eigenvalue weighted by Gasteiger charge is 2.13. The van der Waals surface area contributed by atoms with Crippen LogP contribution in [-0.4, -0.2) is 22.9 Å². The predicted molar refractivity (Wildman–Crippen MR) is 54.4 cm³/mol. The minimum atomic E-state index is -1.64. The molecule has 1 aromatic carbocycles. The van der Waals surface area contributed by atoms with Crippen molar-refractivity contribution in [3.63, 3.8) is 0 Å². The average molecular weight is 237 g/mol. The molecule has 0 radical (unpaired) electrons. The van der Waals surface area contributed by atoms with Gasteiger partial charge in [-0.05, 0) is 12.1 Å². The molecule has 0 aliphatic heterocycles. The van der Waals surface area contributed by atoms with Gasteiger partial charge in [0, 0.05) is 0 Å². The van der Waals surface area contributed by atoms with E-state index < -0.39 is 23.9 Å². The fraction of sp³-hybridized carbons (Fsp3) is 0.333. The van der Waals surface area contributed by atoms with E-state index in [0.29, 0.717) is 4.90 Å². The van der Waals surface area contributed by atoms with E-state index in [1.807, 2.05) is 0 Å².